The molecule has 0 saturated heterocycles. The van der Waals surface area contributed by atoms with Crippen molar-refractivity contribution in [1.29, 1.82) is 0 Å². The summed E-state index contributed by atoms with van der Waals surface area (Å²) < 4.78 is 14.8. The lowest BCUT2D eigenvalue weighted by Crippen LogP contribution is -2.02. The van der Waals surface area contributed by atoms with Crippen molar-refractivity contribution in [3.05, 3.63) is 65.8 Å². The molecule has 0 aliphatic carbocycles. The van der Waals surface area contributed by atoms with Gasteiger partial charge in [0.2, 0.25) is 0 Å². The molecule has 4 aromatic rings. The van der Waals surface area contributed by atoms with E-state index in [1.54, 1.807) is 12.1 Å². The van der Waals surface area contributed by atoms with E-state index in [0.29, 0.717) is 22.2 Å². The Bertz CT molecular complexity index is 993. The van der Waals surface area contributed by atoms with Crippen molar-refractivity contribution in [1.82, 2.24) is 20.0 Å². The third-order valence-electron chi connectivity index (χ3n) is 3.53. The van der Waals surface area contributed by atoms with Crippen molar-refractivity contribution in [3.8, 4) is 27.6 Å². The highest BCUT2D eigenvalue weighted by molar-refractivity contribution is 7.13. The number of nitrogens with zero attached hydrogens (tertiary/aromatic N) is 4. The molecule has 4 rings (SSSR count). The van der Waals surface area contributed by atoms with E-state index < -0.39 is 0 Å². The molecule has 0 spiro atoms. The molecule has 0 aliphatic heterocycles. The molecule has 2 heterocycles. The molecule has 2 aromatic carbocycles. The van der Waals surface area contributed by atoms with Crippen LogP contribution in [-0.4, -0.2) is 20.0 Å². The molecule has 0 amide bonds. The first-order valence-electron chi connectivity index (χ1n) is 7.21. The van der Waals surface area contributed by atoms with E-state index in [-0.39, 0.29) is 5.82 Å². The summed E-state index contributed by atoms with van der Waals surface area (Å²) in [5.74, 6) is -0.0286. The molecule has 2 N–H and O–H groups in total. The van der Waals surface area contributed by atoms with Crippen molar-refractivity contribution >= 4 is 17.2 Å². The molecule has 0 unspecified atom stereocenters. The van der Waals surface area contributed by atoms with Crippen LogP contribution in [0, 0.1) is 5.82 Å². The van der Waals surface area contributed by atoms with Crippen LogP contribution in [0.1, 0.15) is 0 Å². The first-order chi connectivity index (χ1) is 11.7. The van der Waals surface area contributed by atoms with Crippen molar-refractivity contribution < 1.29 is 4.39 Å². The number of halogens is 1. The molecular formula is C17H12FN5S. The van der Waals surface area contributed by atoms with Gasteiger partial charge in [0.25, 0.3) is 0 Å². The van der Waals surface area contributed by atoms with Gasteiger partial charge in [0.1, 0.15) is 10.8 Å². The highest BCUT2D eigenvalue weighted by atomic mass is 32.1. The molecule has 0 radical (unpaired) electrons. The van der Waals surface area contributed by atoms with Gasteiger partial charge in [-0.1, -0.05) is 41.6 Å². The number of anilines is 1. The van der Waals surface area contributed by atoms with Crippen molar-refractivity contribution in [2.45, 2.75) is 0 Å². The van der Waals surface area contributed by atoms with E-state index in [1.807, 2.05) is 35.7 Å². The van der Waals surface area contributed by atoms with Crippen molar-refractivity contribution in [3.63, 3.8) is 0 Å². The maximum Gasteiger partial charge on any atom is 0.165 e. The summed E-state index contributed by atoms with van der Waals surface area (Å²) in [7, 11) is 0. The number of hydrogen-bond donors (Lipinski definition) is 1. The van der Waals surface area contributed by atoms with Gasteiger partial charge >= 0.3 is 0 Å². The lowest BCUT2D eigenvalue weighted by molar-refractivity contribution is 0.625. The van der Waals surface area contributed by atoms with Crippen LogP contribution in [0.4, 0.5) is 10.2 Å². The van der Waals surface area contributed by atoms with Gasteiger partial charge in [0.05, 0.1) is 11.4 Å². The number of nitrogen functional groups attached to an aromatic ring is 1. The monoisotopic (exact) mass is 337 g/mol. The molecule has 24 heavy (non-hydrogen) atoms. The standard InChI is InChI=1S/C17H12FN5S/c18-12-7-4-8-13(9-12)23-16(19)15(21-22-23)17-20-14(10-24-17)11-5-2-1-3-6-11/h1-10H,19H2. The minimum absolute atomic E-state index is 0.328. The second-order valence-corrected chi connectivity index (χ2v) is 5.98. The average molecular weight is 337 g/mol. The Balaban J connectivity index is 1.73. The Kier molecular flexibility index (Phi) is 3.55. The second kappa shape index (κ2) is 5.86. The average Bonchev–Trinajstić information content (AvgIpc) is 3.22. The van der Waals surface area contributed by atoms with Crippen LogP contribution in [0.3, 0.4) is 0 Å². The van der Waals surface area contributed by atoms with Crippen LogP contribution in [0.15, 0.2) is 60.0 Å². The highest BCUT2D eigenvalue weighted by Gasteiger charge is 2.17. The maximum atomic E-state index is 13.4. The first-order valence-corrected chi connectivity index (χ1v) is 8.09. The predicted molar refractivity (Wildman–Crippen MR) is 92.3 cm³/mol. The van der Waals surface area contributed by atoms with Crippen LogP contribution in [0.5, 0.6) is 0 Å². The summed E-state index contributed by atoms with van der Waals surface area (Å²) in [6.45, 7) is 0. The predicted octanol–water partition coefficient (Wildman–Crippen LogP) is 3.78. The normalized spacial score (nSPS) is 10.9. The molecule has 0 bridgehead atoms. The summed E-state index contributed by atoms with van der Waals surface area (Å²) in [5, 5.41) is 10.8. The molecule has 0 fully saturated rings. The van der Waals surface area contributed by atoms with Gasteiger partial charge in [-0.25, -0.2) is 9.37 Å². The number of benzene rings is 2. The Morgan fingerprint density at radius 3 is 2.67 bits per heavy atom. The lowest BCUT2D eigenvalue weighted by Gasteiger charge is -2.02. The number of rotatable bonds is 3. The fraction of sp³-hybridized carbons (Fsp3) is 0. The molecule has 2 aromatic heterocycles. The summed E-state index contributed by atoms with van der Waals surface area (Å²) >= 11 is 1.44. The first kappa shape index (κ1) is 14.5. The topological polar surface area (TPSA) is 69.6 Å². The van der Waals surface area contributed by atoms with Gasteiger partial charge in [0, 0.05) is 10.9 Å². The molecule has 0 aliphatic rings. The summed E-state index contributed by atoms with van der Waals surface area (Å²) in [6.07, 6.45) is 0. The third kappa shape index (κ3) is 2.55. The fourth-order valence-electron chi connectivity index (χ4n) is 2.36. The Labute approximate surface area is 141 Å². The zero-order chi connectivity index (χ0) is 16.5. The van der Waals surface area contributed by atoms with E-state index in [4.69, 9.17) is 5.73 Å². The quantitative estimate of drug-likeness (QED) is 0.618. The summed E-state index contributed by atoms with van der Waals surface area (Å²) in [6, 6.07) is 15.9. The molecule has 5 nitrogen and oxygen atoms in total. The zero-order valence-electron chi connectivity index (χ0n) is 12.4. The Hall–Kier alpha value is -3.06. The SMILES string of the molecule is Nc1c(-c2nc(-c3ccccc3)cs2)nnn1-c1cccc(F)c1. The molecular weight excluding hydrogens is 325 g/mol. The Morgan fingerprint density at radius 2 is 1.88 bits per heavy atom. The van der Waals surface area contributed by atoms with Gasteiger partial charge < -0.3 is 5.73 Å². The van der Waals surface area contributed by atoms with E-state index in [9.17, 15) is 4.39 Å². The molecule has 0 saturated carbocycles. The van der Waals surface area contributed by atoms with Crippen LogP contribution in [-0.2, 0) is 0 Å². The zero-order valence-corrected chi connectivity index (χ0v) is 13.2. The summed E-state index contributed by atoms with van der Waals surface area (Å²) in [4.78, 5) is 4.58. The van der Waals surface area contributed by atoms with E-state index in [0.717, 1.165) is 11.3 Å². The number of thiazole rings is 1. The van der Waals surface area contributed by atoms with Crippen LogP contribution < -0.4 is 5.73 Å². The molecule has 0 atom stereocenters. The number of hydrogen-bond acceptors (Lipinski definition) is 5. The third-order valence-corrected chi connectivity index (χ3v) is 4.38. The van der Waals surface area contributed by atoms with E-state index in [1.165, 1.54) is 28.2 Å². The Morgan fingerprint density at radius 1 is 1.04 bits per heavy atom. The molecule has 7 heteroatoms. The maximum absolute atomic E-state index is 13.4. The number of nitrogens with two attached hydrogens (primary N) is 1. The summed E-state index contributed by atoms with van der Waals surface area (Å²) in [5.41, 5.74) is 9.04. The highest BCUT2D eigenvalue weighted by Crippen LogP contribution is 2.31. The van der Waals surface area contributed by atoms with Gasteiger partial charge in [-0.05, 0) is 18.2 Å². The fourth-order valence-corrected chi connectivity index (χ4v) is 3.18. The van der Waals surface area contributed by atoms with E-state index in [2.05, 4.69) is 15.3 Å². The second-order valence-electron chi connectivity index (χ2n) is 5.12. The van der Waals surface area contributed by atoms with Crippen molar-refractivity contribution in [2.24, 2.45) is 0 Å². The van der Waals surface area contributed by atoms with Gasteiger partial charge in [0.15, 0.2) is 11.5 Å². The lowest BCUT2D eigenvalue weighted by atomic mass is 10.2. The van der Waals surface area contributed by atoms with Crippen LogP contribution in [0.25, 0.3) is 27.6 Å². The minimum Gasteiger partial charge on any atom is -0.382 e. The van der Waals surface area contributed by atoms with Gasteiger partial charge in [-0.2, -0.15) is 4.68 Å². The van der Waals surface area contributed by atoms with Crippen molar-refractivity contribution in [2.75, 3.05) is 5.73 Å². The van der Waals surface area contributed by atoms with Crippen LogP contribution >= 0.6 is 11.3 Å². The smallest absolute Gasteiger partial charge is 0.165 e. The van der Waals surface area contributed by atoms with Gasteiger partial charge in [-0.15, -0.1) is 16.4 Å². The van der Waals surface area contributed by atoms with Gasteiger partial charge in [-0.3, -0.25) is 0 Å². The van der Waals surface area contributed by atoms with E-state index >= 15 is 0 Å². The number of aromatic nitrogens is 4. The largest absolute Gasteiger partial charge is 0.382 e. The van der Waals surface area contributed by atoms with Crippen LogP contribution in [0.2, 0.25) is 0 Å². The minimum atomic E-state index is -0.357. The molecule has 118 valence electrons.